The maximum Gasteiger partial charge on any atom is 0.246 e. The zero-order valence-corrected chi connectivity index (χ0v) is 55.7. The lowest BCUT2D eigenvalue weighted by molar-refractivity contribution is -0.156. The first-order chi connectivity index (χ1) is 38.8. The highest BCUT2D eigenvalue weighted by Gasteiger charge is 2.44. The van der Waals surface area contributed by atoms with E-state index >= 15 is 9.59 Å². The molecular formula is C62H111N11O11. The second-order valence-electron chi connectivity index (χ2n) is 26.0. The van der Waals surface area contributed by atoms with Crippen molar-refractivity contribution >= 4 is 65.0 Å². The second-order valence-corrected chi connectivity index (χ2v) is 26.0. The summed E-state index contributed by atoms with van der Waals surface area (Å²) in [5.74, 6) is -8.30. The summed E-state index contributed by atoms with van der Waals surface area (Å²) in [4.78, 5) is 169. The second kappa shape index (κ2) is 34.8. The zero-order chi connectivity index (χ0) is 65.1. The van der Waals surface area contributed by atoms with E-state index in [-0.39, 0.29) is 68.1 Å². The van der Waals surface area contributed by atoms with Crippen molar-refractivity contribution in [1.29, 1.82) is 0 Å². The predicted molar refractivity (Wildman–Crippen MR) is 327 cm³/mol. The normalized spacial score (nSPS) is 26.7. The molecule has 1 aliphatic rings. The molecule has 4 N–H and O–H groups in total. The van der Waals surface area contributed by atoms with Crippen LogP contribution in [0.2, 0.25) is 0 Å². The van der Waals surface area contributed by atoms with Crippen molar-refractivity contribution in [2.45, 2.75) is 223 Å². The first-order valence-electron chi connectivity index (χ1n) is 30.5. The van der Waals surface area contributed by atoms with Crippen molar-refractivity contribution in [2.75, 3.05) is 55.9 Å². The van der Waals surface area contributed by atoms with Gasteiger partial charge in [0.05, 0.1) is 6.54 Å². The van der Waals surface area contributed by atoms with E-state index in [0.717, 1.165) is 0 Å². The Morgan fingerprint density at radius 3 is 1.27 bits per heavy atom. The Morgan fingerprint density at radius 2 is 0.821 bits per heavy atom. The van der Waals surface area contributed by atoms with E-state index < -0.39 is 144 Å². The lowest BCUT2D eigenvalue weighted by Crippen LogP contribution is -2.61. The Labute approximate surface area is 504 Å². The molecular weight excluding hydrogens is 1070 g/mol. The summed E-state index contributed by atoms with van der Waals surface area (Å²) < 4.78 is 0. The topological polar surface area (TPSA) is 259 Å². The number of nitrogens with zero attached hydrogens (tertiary/aromatic N) is 7. The number of amides is 11. The van der Waals surface area contributed by atoms with Gasteiger partial charge in [-0.25, -0.2) is 0 Å². The van der Waals surface area contributed by atoms with E-state index in [2.05, 4.69) is 21.3 Å². The van der Waals surface area contributed by atoms with Crippen LogP contribution in [-0.4, -0.2) is 216 Å². The van der Waals surface area contributed by atoms with Gasteiger partial charge in [0, 0.05) is 49.3 Å². The Kier molecular flexibility index (Phi) is 31.4. The summed E-state index contributed by atoms with van der Waals surface area (Å²) in [6.45, 7) is 30.1. The maximum absolute atomic E-state index is 15.1. The average molecular weight is 1190 g/mol. The van der Waals surface area contributed by atoms with Crippen molar-refractivity contribution in [1.82, 2.24) is 55.6 Å². The Bertz CT molecular complexity index is 2290. The van der Waals surface area contributed by atoms with Crippen molar-refractivity contribution in [3.8, 4) is 0 Å². The summed E-state index contributed by atoms with van der Waals surface area (Å²) in [5, 5.41) is 11.1. The monoisotopic (exact) mass is 1190 g/mol. The Balaban J connectivity index is 4.27. The Morgan fingerprint density at radius 1 is 0.429 bits per heavy atom. The molecule has 0 aromatic rings. The molecule has 0 spiro atoms. The fraction of sp³-hybridized carbons (Fsp3) is 0.790. The Hall–Kier alpha value is -6.09. The van der Waals surface area contributed by atoms with Gasteiger partial charge in [-0.05, 0) is 107 Å². The third-order valence-corrected chi connectivity index (χ3v) is 15.9. The van der Waals surface area contributed by atoms with Gasteiger partial charge < -0.3 is 55.6 Å². The van der Waals surface area contributed by atoms with Gasteiger partial charge in [-0.3, -0.25) is 52.7 Å². The van der Waals surface area contributed by atoms with E-state index in [9.17, 15) is 43.2 Å². The van der Waals surface area contributed by atoms with Gasteiger partial charge in [0.15, 0.2) is 0 Å². The van der Waals surface area contributed by atoms with Crippen LogP contribution in [0.1, 0.15) is 163 Å². The largest absolute Gasteiger partial charge is 0.343 e. The van der Waals surface area contributed by atoms with Gasteiger partial charge in [-0.2, -0.15) is 0 Å². The number of hydrogen-bond donors (Lipinski definition) is 4. The summed E-state index contributed by atoms with van der Waals surface area (Å²) in [6.07, 6.45) is 5.43. The fourth-order valence-corrected chi connectivity index (χ4v) is 10.6. The zero-order valence-electron chi connectivity index (χ0n) is 55.7. The fourth-order valence-electron chi connectivity index (χ4n) is 10.6. The smallest absolute Gasteiger partial charge is 0.246 e. The van der Waals surface area contributed by atoms with E-state index in [4.69, 9.17) is 0 Å². The minimum atomic E-state index is -1.21. The first-order valence-corrected chi connectivity index (χ1v) is 30.5. The molecule has 0 saturated carbocycles. The van der Waals surface area contributed by atoms with Crippen LogP contribution < -0.4 is 21.3 Å². The summed E-state index contributed by atoms with van der Waals surface area (Å²) in [5.41, 5.74) is 0. The van der Waals surface area contributed by atoms with E-state index in [1.165, 1.54) is 97.5 Å². The lowest BCUT2D eigenvalue weighted by atomic mass is 9.93. The van der Waals surface area contributed by atoms with Crippen LogP contribution in [0.4, 0.5) is 0 Å². The number of nitrogens with one attached hydrogen (secondary N) is 4. The van der Waals surface area contributed by atoms with Crippen LogP contribution >= 0.6 is 0 Å². The number of carbonyl (C=O) groups is 11. The molecule has 22 nitrogen and oxygen atoms in total. The predicted octanol–water partition coefficient (Wildman–Crippen LogP) is 4.30. The van der Waals surface area contributed by atoms with Crippen LogP contribution in [0.5, 0.6) is 0 Å². The molecule has 3 unspecified atom stereocenters. The molecule has 11 atom stereocenters. The van der Waals surface area contributed by atoms with Crippen molar-refractivity contribution < 1.29 is 52.7 Å². The molecule has 480 valence electrons. The van der Waals surface area contributed by atoms with Crippen LogP contribution in [0, 0.1) is 41.4 Å². The molecule has 1 aliphatic heterocycles. The van der Waals surface area contributed by atoms with Gasteiger partial charge >= 0.3 is 0 Å². The van der Waals surface area contributed by atoms with Crippen molar-refractivity contribution in [3.05, 3.63) is 12.2 Å². The molecule has 84 heavy (non-hydrogen) atoms. The highest BCUT2D eigenvalue weighted by atomic mass is 16.2. The SMILES string of the molecule is C/C=C/C[C@@H](C)C[C@H]1C(=O)N[C@@H](CC)C(=O)N(C)CC(=O)N(C)[C@@H](CC(C)C)C(=O)NC(C(C)C)C(=O)N(C)C(CC(C)C)C(=O)N[C@@H](C)C(=O)N[C@H](C)C(=O)N(C)[C@@H](CC(C)C)C(=O)N(C)[C@@H](CC(C)C)C(=O)N(C)C(C(C)C)C(=O)N1C. The van der Waals surface area contributed by atoms with Crippen molar-refractivity contribution in [2.24, 2.45) is 41.4 Å². The number of likely N-dealkylation sites (N-methyl/N-ethyl adjacent to an activating group) is 7. The minimum absolute atomic E-state index is 0.110. The van der Waals surface area contributed by atoms with Crippen LogP contribution in [0.15, 0.2) is 12.2 Å². The highest BCUT2D eigenvalue weighted by Crippen LogP contribution is 2.25. The van der Waals surface area contributed by atoms with Gasteiger partial charge in [-0.1, -0.05) is 109 Å². The van der Waals surface area contributed by atoms with Gasteiger partial charge in [0.1, 0.15) is 60.4 Å². The van der Waals surface area contributed by atoms with E-state index in [1.54, 1.807) is 34.6 Å². The van der Waals surface area contributed by atoms with Crippen LogP contribution in [-0.2, 0) is 52.7 Å². The van der Waals surface area contributed by atoms with Crippen LogP contribution in [0.25, 0.3) is 0 Å². The third-order valence-electron chi connectivity index (χ3n) is 15.9. The maximum atomic E-state index is 15.1. The van der Waals surface area contributed by atoms with Gasteiger partial charge in [0.25, 0.3) is 0 Å². The molecule has 22 heteroatoms. The molecule has 0 aromatic heterocycles. The number of rotatable bonds is 15. The number of allylic oxidation sites excluding steroid dienone is 2. The molecule has 11 amide bonds. The lowest BCUT2D eigenvalue weighted by Gasteiger charge is -2.41. The summed E-state index contributed by atoms with van der Waals surface area (Å²) in [7, 11) is 10.3. The van der Waals surface area contributed by atoms with Gasteiger partial charge in [0.2, 0.25) is 65.0 Å². The third kappa shape index (κ3) is 21.8. The van der Waals surface area contributed by atoms with Crippen molar-refractivity contribution in [3.63, 3.8) is 0 Å². The average Bonchev–Trinajstić information content (AvgIpc) is 2.64. The van der Waals surface area contributed by atoms with Gasteiger partial charge in [-0.15, -0.1) is 0 Å². The first kappa shape index (κ1) is 75.9. The highest BCUT2D eigenvalue weighted by molar-refractivity contribution is 5.99. The molecule has 1 fully saturated rings. The quantitative estimate of drug-likeness (QED) is 0.168. The molecule has 0 bridgehead atoms. The number of hydrogen-bond acceptors (Lipinski definition) is 11. The standard InChI is InChI=1S/C62H111N11O11/c1-25-27-28-41(15)33-47-55(77)65-44(26-2)58(80)67(18)34-50(74)68(19)45(29-35(3)4)56(78)66-51(39(11)12)61(83)69(20)46(30-36(5)6)54(76)63-42(16)53(75)64-43(17)57(79)71(22)48(31-37(7)8)59(81)72(23)49(32-38(9)10)60(82)73(24)52(40(13)14)62(84)70(47)21/h25,27,35-49,51-52H,26,28-34H2,1-24H3,(H,63,76)(H,64,75)(H,65,77)(H,66,78)/b27-25+/t41-,42+,43-,44+,45+,46?,47+,48+,49+,51?,52?/m1/s1. The molecule has 1 heterocycles. The molecule has 1 saturated heterocycles. The minimum Gasteiger partial charge on any atom is -0.343 e. The van der Waals surface area contributed by atoms with E-state index in [1.807, 2.05) is 81.4 Å². The molecule has 0 aromatic carbocycles. The molecule has 1 rings (SSSR count). The molecule has 0 aliphatic carbocycles. The molecule has 0 radical (unpaired) electrons. The van der Waals surface area contributed by atoms with Crippen LogP contribution in [0.3, 0.4) is 0 Å². The number of carbonyl (C=O) groups excluding carboxylic acids is 11. The summed E-state index contributed by atoms with van der Waals surface area (Å²) in [6, 6.07) is -11.4. The summed E-state index contributed by atoms with van der Waals surface area (Å²) >= 11 is 0. The van der Waals surface area contributed by atoms with E-state index in [0.29, 0.717) is 6.42 Å².